The summed E-state index contributed by atoms with van der Waals surface area (Å²) >= 11 is 0. The molecule has 3 fully saturated rings. The Morgan fingerprint density at radius 3 is 2.78 bits per heavy atom. The Hall–Kier alpha value is -0.610. The minimum atomic E-state index is 0.0602. The lowest BCUT2D eigenvalue weighted by molar-refractivity contribution is -0.131. The van der Waals surface area contributed by atoms with Gasteiger partial charge in [-0.25, -0.2) is 0 Å². The fourth-order valence-corrected chi connectivity index (χ4v) is 3.32. The quantitative estimate of drug-likeness (QED) is 0.810. The molecule has 4 heteroatoms. The van der Waals surface area contributed by atoms with Crippen molar-refractivity contribution >= 4 is 5.91 Å². The summed E-state index contributed by atoms with van der Waals surface area (Å²) in [4.78, 5) is 17.1. The topological polar surface area (TPSA) is 35.6 Å². The first-order valence-corrected chi connectivity index (χ1v) is 7.48. The number of hydrogen-bond acceptors (Lipinski definition) is 3. The molecule has 0 radical (unpaired) electrons. The van der Waals surface area contributed by atoms with Crippen LogP contribution in [-0.2, 0) is 4.79 Å². The molecule has 2 heterocycles. The highest BCUT2D eigenvalue weighted by atomic mass is 16.2. The molecule has 1 amide bonds. The van der Waals surface area contributed by atoms with E-state index in [1.807, 2.05) is 0 Å². The lowest BCUT2D eigenvalue weighted by Gasteiger charge is -2.24. The number of carbonyl (C=O) groups is 1. The highest BCUT2D eigenvalue weighted by Crippen LogP contribution is 2.32. The van der Waals surface area contributed by atoms with Crippen molar-refractivity contribution in [2.45, 2.75) is 57.7 Å². The van der Waals surface area contributed by atoms with Crippen LogP contribution in [0.25, 0.3) is 0 Å². The molecule has 4 nitrogen and oxygen atoms in total. The number of nitrogens with zero attached hydrogens (tertiary/aromatic N) is 2. The van der Waals surface area contributed by atoms with Crippen molar-refractivity contribution in [3.8, 4) is 0 Å². The van der Waals surface area contributed by atoms with Crippen molar-refractivity contribution in [1.29, 1.82) is 0 Å². The van der Waals surface area contributed by atoms with E-state index in [-0.39, 0.29) is 6.04 Å². The molecule has 0 spiro atoms. The van der Waals surface area contributed by atoms with Crippen molar-refractivity contribution in [1.82, 2.24) is 15.1 Å². The predicted octanol–water partition coefficient (Wildman–Crippen LogP) is 1.03. The van der Waals surface area contributed by atoms with Crippen molar-refractivity contribution in [3.63, 3.8) is 0 Å². The zero-order chi connectivity index (χ0) is 12.7. The van der Waals surface area contributed by atoms with Crippen molar-refractivity contribution < 1.29 is 4.79 Å². The second-order valence-electron chi connectivity index (χ2n) is 6.20. The third-order valence-electron chi connectivity index (χ3n) is 4.94. The standard InChI is InChI=1S/C14H25N3O/c1-3-10(2)13-14(18)17(9-15-13)12-6-7-16(8-12)11-4-5-11/h10-13,15H,3-9H2,1-2H3. The molecular weight excluding hydrogens is 226 g/mol. The summed E-state index contributed by atoms with van der Waals surface area (Å²) in [6.07, 6.45) is 4.97. The smallest absolute Gasteiger partial charge is 0.241 e. The lowest BCUT2D eigenvalue weighted by Crippen LogP contribution is -2.41. The van der Waals surface area contributed by atoms with Crippen LogP contribution in [0.5, 0.6) is 0 Å². The Bertz CT molecular complexity index is 329. The average Bonchev–Trinajstić information content (AvgIpc) is 2.99. The van der Waals surface area contributed by atoms with Crippen LogP contribution in [0.2, 0.25) is 0 Å². The lowest BCUT2D eigenvalue weighted by atomic mass is 9.99. The minimum absolute atomic E-state index is 0.0602. The van der Waals surface area contributed by atoms with Gasteiger partial charge in [0.25, 0.3) is 0 Å². The Labute approximate surface area is 110 Å². The van der Waals surface area contributed by atoms with Crippen LogP contribution >= 0.6 is 0 Å². The van der Waals surface area contributed by atoms with Crippen LogP contribution in [-0.4, -0.2) is 53.6 Å². The molecule has 102 valence electrons. The van der Waals surface area contributed by atoms with Crippen LogP contribution in [0, 0.1) is 5.92 Å². The zero-order valence-electron chi connectivity index (χ0n) is 11.6. The van der Waals surface area contributed by atoms with Crippen LogP contribution in [0.1, 0.15) is 39.5 Å². The van der Waals surface area contributed by atoms with E-state index < -0.39 is 0 Å². The first-order chi connectivity index (χ1) is 8.70. The van der Waals surface area contributed by atoms with Gasteiger partial charge in [0.15, 0.2) is 0 Å². The number of nitrogens with one attached hydrogen (secondary N) is 1. The molecule has 1 saturated carbocycles. The third kappa shape index (κ3) is 2.16. The highest BCUT2D eigenvalue weighted by molar-refractivity contribution is 5.84. The SMILES string of the molecule is CCC(C)C1NCN(C2CCN(C3CC3)C2)C1=O. The van der Waals surface area contributed by atoms with E-state index in [2.05, 4.69) is 29.0 Å². The van der Waals surface area contributed by atoms with Crippen LogP contribution in [0.4, 0.5) is 0 Å². The molecule has 0 aromatic carbocycles. The molecule has 18 heavy (non-hydrogen) atoms. The van der Waals surface area contributed by atoms with Gasteiger partial charge in [-0.1, -0.05) is 20.3 Å². The Balaban J connectivity index is 1.59. The van der Waals surface area contributed by atoms with Gasteiger partial charge in [-0.05, 0) is 25.2 Å². The molecule has 0 aromatic heterocycles. The summed E-state index contributed by atoms with van der Waals surface area (Å²) in [6.45, 7) is 7.38. The summed E-state index contributed by atoms with van der Waals surface area (Å²) in [7, 11) is 0. The molecule has 0 aromatic rings. The summed E-state index contributed by atoms with van der Waals surface area (Å²) in [5.74, 6) is 0.787. The number of likely N-dealkylation sites (tertiary alicyclic amines) is 1. The van der Waals surface area contributed by atoms with E-state index >= 15 is 0 Å². The number of hydrogen-bond donors (Lipinski definition) is 1. The molecule has 2 aliphatic heterocycles. The van der Waals surface area contributed by atoms with E-state index in [4.69, 9.17) is 0 Å². The highest BCUT2D eigenvalue weighted by Gasteiger charge is 2.42. The maximum absolute atomic E-state index is 12.4. The normalized spacial score (nSPS) is 35.4. The Morgan fingerprint density at radius 1 is 1.33 bits per heavy atom. The van der Waals surface area contributed by atoms with Crippen molar-refractivity contribution in [2.75, 3.05) is 19.8 Å². The molecule has 0 bridgehead atoms. The first-order valence-electron chi connectivity index (χ1n) is 7.48. The van der Waals surface area contributed by atoms with Gasteiger partial charge in [-0.15, -0.1) is 0 Å². The van der Waals surface area contributed by atoms with Crippen LogP contribution < -0.4 is 5.32 Å². The second-order valence-corrected chi connectivity index (χ2v) is 6.20. The van der Waals surface area contributed by atoms with Crippen molar-refractivity contribution in [2.24, 2.45) is 5.92 Å². The van der Waals surface area contributed by atoms with E-state index in [1.54, 1.807) is 0 Å². The van der Waals surface area contributed by atoms with Gasteiger partial charge in [0.05, 0.1) is 12.7 Å². The first kappa shape index (κ1) is 12.4. The Morgan fingerprint density at radius 2 is 2.11 bits per heavy atom. The summed E-state index contributed by atoms with van der Waals surface area (Å²) < 4.78 is 0. The molecule has 3 rings (SSSR count). The maximum atomic E-state index is 12.4. The fourth-order valence-electron chi connectivity index (χ4n) is 3.32. The van der Waals surface area contributed by atoms with Gasteiger partial charge in [-0.2, -0.15) is 0 Å². The van der Waals surface area contributed by atoms with Crippen molar-refractivity contribution in [3.05, 3.63) is 0 Å². The predicted molar refractivity (Wildman–Crippen MR) is 71.1 cm³/mol. The summed E-state index contributed by atoms with van der Waals surface area (Å²) in [5.41, 5.74) is 0. The average molecular weight is 251 g/mol. The molecule has 3 unspecified atom stereocenters. The molecular formula is C14H25N3O. The number of carbonyl (C=O) groups excluding carboxylic acids is 1. The monoisotopic (exact) mass is 251 g/mol. The van der Waals surface area contributed by atoms with E-state index in [0.29, 0.717) is 17.9 Å². The molecule has 2 saturated heterocycles. The van der Waals surface area contributed by atoms with E-state index in [1.165, 1.54) is 19.4 Å². The van der Waals surface area contributed by atoms with Gasteiger partial charge in [0.1, 0.15) is 0 Å². The third-order valence-corrected chi connectivity index (χ3v) is 4.94. The summed E-state index contributed by atoms with van der Waals surface area (Å²) in [6, 6.07) is 1.36. The minimum Gasteiger partial charge on any atom is -0.324 e. The molecule has 3 atom stereocenters. The second kappa shape index (κ2) is 4.82. The van der Waals surface area contributed by atoms with Crippen LogP contribution in [0.3, 0.4) is 0 Å². The van der Waals surface area contributed by atoms with Gasteiger partial charge in [0.2, 0.25) is 5.91 Å². The molecule has 1 aliphatic carbocycles. The largest absolute Gasteiger partial charge is 0.324 e. The van der Waals surface area contributed by atoms with E-state index in [0.717, 1.165) is 32.1 Å². The fraction of sp³-hybridized carbons (Fsp3) is 0.929. The van der Waals surface area contributed by atoms with Gasteiger partial charge >= 0.3 is 0 Å². The van der Waals surface area contributed by atoms with Gasteiger partial charge in [-0.3, -0.25) is 15.0 Å². The number of amides is 1. The zero-order valence-corrected chi connectivity index (χ0v) is 11.6. The Kier molecular flexibility index (Phi) is 3.32. The maximum Gasteiger partial charge on any atom is 0.241 e. The number of rotatable bonds is 4. The molecule has 3 aliphatic rings. The van der Waals surface area contributed by atoms with Gasteiger partial charge in [0, 0.05) is 25.2 Å². The molecule has 1 N–H and O–H groups in total. The summed E-state index contributed by atoms with van der Waals surface area (Å²) in [5, 5.41) is 3.40. The van der Waals surface area contributed by atoms with Gasteiger partial charge < -0.3 is 4.90 Å². The van der Waals surface area contributed by atoms with Crippen LogP contribution in [0.15, 0.2) is 0 Å². The van der Waals surface area contributed by atoms with E-state index in [9.17, 15) is 4.79 Å².